The van der Waals surface area contributed by atoms with Crippen molar-refractivity contribution in [1.29, 1.82) is 0 Å². The van der Waals surface area contributed by atoms with Crippen LogP contribution in [0.3, 0.4) is 0 Å². The summed E-state index contributed by atoms with van der Waals surface area (Å²) in [5.74, 6) is 1.63. The summed E-state index contributed by atoms with van der Waals surface area (Å²) in [7, 11) is 0. The number of rotatable bonds is 4. The van der Waals surface area contributed by atoms with E-state index in [9.17, 15) is 4.79 Å². The molecule has 0 radical (unpaired) electrons. The highest BCUT2D eigenvalue weighted by Gasteiger charge is 2.30. The molecule has 0 bridgehead atoms. The first-order valence-electron chi connectivity index (χ1n) is 8.92. The van der Waals surface area contributed by atoms with Gasteiger partial charge in [0.15, 0.2) is 5.76 Å². The number of aromatic nitrogens is 1. The Labute approximate surface area is 152 Å². The molecule has 0 saturated carbocycles. The van der Waals surface area contributed by atoms with Gasteiger partial charge in [-0.3, -0.25) is 4.79 Å². The van der Waals surface area contributed by atoms with Crippen molar-refractivity contribution in [3.8, 4) is 11.5 Å². The Morgan fingerprint density at radius 3 is 2.73 bits per heavy atom. The molecule has 2 aromatic carbocycles. The van der Waals surface area contributed by atoms with E-state index in [0.29, 0.717) is 23.7 Å². The largest absolute Gasteiger partial charge is 0.493 e. The number of hydrogen-bond donors (Lipinski definition) is 0. The second-order valence-corrected chi connectivity index (χ2v) is 6.33. The molecule has 4 rings (SSSR count). The zero-order chi connectivity index (χ0) is 18.3. The van der Waals surface area contributed by atoms with E-state index in [4.69, 9.17) is 9.47 Å². The maximum Gasteiger partial charge on any atom is 0.231 e. The fourth-order valence-electron chi connectivity index (χ4n) is 3.47. The number of nitrogens with zero attached hydrogens (tertiary/aromatic N) is 1. The smallest absolute Gasteiger partial charge is 0.231 e. The molecule has 0 fully saturated rings. The number of Topliss-reactive ketones (excluding diaryl/α,β-unsaturated/α-hetero) is 1. The Morgan fingerprint density at radius 1 is 1.15 bits per heavy atom. The minimum absolute atomic E-state index is 0.0838. The molecule has 26 heavy (non-hydrogen) atoms. The molecule has 4 nitrogen and oxygen atoms in total. The molecule has 1 aliphatic rings. The Hall–Kier alpha value is -3.01. The first-order valence-corrected chi connectivity index (χ1v) is 8.92. The summed E-state index contributed by atoms with van der Waals surface area (Å²) < 4.78 is 13.7. The quantitative estimate of drug-likeness (QED) is 0.625. The third-order valence-corrected chi connectivity index (χ3v) is 4.78. The van der Waals surface area contributed by atoms with Gasteiger partial charge in [0.05, 0.1) is 12.2 Å². The molecule has 0 atom stereocenters. The van der Waals surface area contributed by atoms with E-state index >= 15 is 0 Å². The normalized spacial score (nSPS) is 14.7. The molecular weight excluding hydrogens is 326 g/mol. The van der Waals surface area contributed by atoms with Gasteiger partial charge in [0.1, 0.15) is 11.5 Å². The summed E-state index contributed by atoms with van der Waals surface area (Å²) >= 11 is 0. The van der Waals surface area contributed by atoms with E-state index in [-0.39, 0.29) is 5.78 Å². The number of ketones is 1. The van der Waals surface area contributed by atoms with Gasteiger partial charge in [0, 0.05) is 34.8 Å². The van der Waals surface area contributed by atoms with Gasteiger partial charge in [-0.05, 0) is 45.0 Å². The van der Waals surface area contributed by atoms with Crippen LogP contribution in [0.4, 0.5) is 0 Å². The second kappa shape index (κ2) is 6.37. The van der Waals surface area contributed by atoms with Crippen LogP contribution < -0.4 is 9.47 Å². The number of aryl methyl sites for hydroxylation is 1. The molecule has 1 aromatic heterocycles. The SMILES string of the molecule is CCOc1ccc2c(c1C)O/C(=C/c1cn(CC)c3ccccc13)C2=O. The van der Waals surface area contributed by atoms with Crippen LogP contribution in [0, 0.1) is 6.92 Å². The minimum atomic E-state index is -0.0838. The Morgan fingerprint density at radius 2 is 1.96 bits per heavy atom. The molecule has 0 N–H and O–H groups in total. The second-order valence-electron chi connectivity index (χ2n) is 6.33. The highest BCUT2D eigenvalue weighted by Crippen LogP contribution is 2.39. The molecule has 1 aliphatic heterocycles. The van der Waals surface area contributed by atoms with Crippen molar-refractivity contribution in [1.82, 2.24) is 4.57 Å². The van der Waals surface area contributed by atoms with E-state index in [0.717, 1.165) is 34.3 Å². The number of ether oxygens (including phenoxy) is 2. The number of carbonyl (C=O) groups is 1. The standard InChI is InChI=1S/C22H21NO3/c1-4-23-13-15(16-8-6-7-9-18(16)23)12-20-21(24)17-10-11-19(25-5-2)14(3)22(17)26-20/h6-13H,4-5H2,1-3H3/b20-12+. The lowest BCUT2D eigenvalue weighted by Crippen LogP contribution is -1.97. The minimum Gasteiger partial charge on any atom is -0.493 e. The van der Waals surface area contributed by atoms with Crippen molar-refractivity contribution < 1.29 is 14.3 Å². The van der Waals surface area contributed by atoms with Crippen LogP contribution in [0.5, 0.6) is 11.5 Å². The Kier molecular flexibility index (Phi) is 4.03. The van der Waals surface area contributed by atoms with Crippen LogP contribution in [-0.2, 0) is 6.54 Å². The highest BCUT2D eigenvalue weighted by atomic mass is 16.5. The van der Waals surface area contributed by atoms with E-state index in [1.54, 1.807) is 6.07 Å². The van der Waals surface area contributed by atoms with Gasteiger partial charge in [0.2, 0.25) is 5.78 Å². The van der Waals surface area contributed by atoms with Crippen molar-refractivity contribution >= 4 is 22.8 Å². The predicted molar refractivity (Wildman–Crippen MR) is 103 cm³/mol. The molecule has 3 aromatic rings. The fourth-order valence-corrected chi connectivity index (χ4v) is 3.47. The molecule has 4 heteroatoms. The van der Waals surface area contributed by atoms with Gasteiger partial charge in [-0.15, -0.1) is 0 Å². The van der Waals surface area contributed by atoms with Crippen LogP contribution in [0.2, 0.25) is 0 Å². The van der Waals surface area contributed by atoms with Gasteiger partial charge < -0.3 is 14.0 Å². The first-order chi connectivity index (χ1) is 12.6. The third kappa shape index (κ3) is 2.49. The van der Waals surface area contributed by atoms with E-state index < -0.39 is 0 Å². The summed E-state index contributed by atoms with van der Waals surface area (Å²) in [5.41, 5.74) is 3.59. The van der Waals surface area contributed by atoms with Crippen LogP contribution in [0.25, 0.3) is 17.0 Å². The lowest BCUT2D eigenvalue weighted by atomic mass is 10.1. The van der Waals surface area contributed by atoms with E-state index in [2.05, 4.69) is 29.8 Å². The number of fused-ring (bicyclic) bond motifs is 2. The molecule has 0 unspecified atom stereocenters. The van der Waals surface area contributed by atoms with Crippen LogP contribution in [-0.4, -0.2) is 17.0 Å². The van der Waals surface area contributed by atoms with Crippen LogP contribution in [0.1, 0.15) is 35.3 Å². The molecule has 2 heterocycles. The lowest BCUT2D eigenvalue weighted by molar-refractivity contribution is 0.101. The van der Waals surface area contributed by atoms with Gasteiger partial charge >= 0.3 is 0 Å². The van der Waals surface area contributed by atoms with Crippen LogP contribution in [0.15, 0.2) is 48.4 Å². The zero-order valence-electron chi connectivity index (χ0n) is 15.2. The van der Waals surface area contributed by atoms with Crippen molar-refractivity contribution in [2.45, 2.75) is 27.3 Å². The molecule has 0 amide bonds. The van der Waals surface area contributed by atoms with Crippen molar-refractivity contribution in [3.05, 3.63) is 65.0 Å². The van der Waals surface area contributed by atoms with Gasteiger partial charge in [0.25, 0.3) is 0 Å². The average molecular weight is 347 g/mol. The first kappa shape index (κ1) is 16.5. The number of benzene rings is 2. The highest BCUT2D eigenvalue weighted by molar-refractivity contribution is 6.15. The molecular formula is C22H21NO3. The number of hydrogen-bond acceptors (Lipinski definition) is 3. The Balaban J connectivity index is 1.78. The monoisotopic (exact) mass is 347 g/mol. The van der Waals surface area contributed by atoms with Crippen LogP contribution >= 0.6 is 0 Å². The molecule has 0 spiro atoms. The third-order valence-electron chi connectivity index (χ3n) is 4.78. The lowest BCUT2D eigenvalue weighted by Gasteiger charge is -2.09. The predicted octanol–water partition coefficient (Wildman–Crippen LogP) is 4.98. The van der Waals surface area contributed by atoms with Gasteiger partial charge in [-0.2, -0.15) is 0 Å². The summed E-state index contributed by atoms with van der Waals surface area (Å²) in [4.78, 5) is 12.8. The molecule has 132 valence electrons. The Bertz CT molecular complexity index is 1040. The maximum atomic E-state index is 12.8. The summed E-state index contributed by atoms with van der Waals surface area (Å²) in [6.45, 7) is 7.41. The summed E-state index contributed by atoms with van der Waals surface area (Å²) in [6, 6.07) is 11.8. The fraction of sp³-hybridized carbons (Fsp3) is 0.227. The topological polar surface area (TPSA) is 40.5 Å². The van der Waals surface area contributed by atoms with Crippen molar-refractivity contribution in [2.24, 2.45) is 0 Å². The zero-order valence-corrected chi connectivity index (χ0v) is 15.2. The molecule has 0 saturated heterocycles. The average Bonchev–Trinajstić information content (AvgIpc) is 3.17. The number of allylic oxidation sites excluding steroid dienone is 1. The van der Waals surface area contributed by atoms with E-state index in [1.165, 1.54) is 0 Å². The molecule has 0 aliphatic carbocycles. The van der Waals surface area contributed by atoms with Gasteiger partial charge in [-0.25, -0.2) is 0 Å². The maximum absolute atomic E-state index is 12.8. The van der Waals surface area contributed by atoms with E-state index in [1.807, 2.05) is 38.1 Å². The van der Waals surface area contributed by atoms with Crippen molar-refractivity contribution in [3.63, 3.8) is 0 Å². The summed E-state index contributed by atoms with van der Waals surface area (Å²) in [5, 5.41) is 1.11. The summed E-state index contributed by atoms with van der Waals surface area (Å²) in [6.07, 6.45) is 3.91. The number of carbonyl (C=O) groups excluding carboxylic acids is 1. The number of para-hydroxylation sites is 1. The van der Waals surface area contributed by atoms with Gasteiger partial charge in [-0.1, -0.05) is 18.2 Å². The van der Waals surface area contributed by atoms with Crippen molar-refractivity contribution in [2.75, 3.05) is 6.61 Å².